The van der Waals surface area contributed by atoms with Crippen molar-refractivity contribution in [2.45, 2.75) is 25.3 Å². The Labute approximate surface area is 124 Å². The van der Waals surface area contributed by atoms with Crippen molar-refractivity contribution in [1.29, 1.82) is 0 Å². The maximum Gasteiger partial charge on any atom is 0.270 e. The highest BCUT2D eigenvalue weighted by Gasteiger charge is 2.23. The number of rotatable bonds is 3. The molecule has 0 aliphatic heterocycles. The van der Waals surface area contributed by atoms with Gasteiger partial charge in [-0.25, -0.2) is 0 Å². The standard InChI is InChI=1S/C14H13BrN2O3/c15-11-8-9(17(18)19)4-5-13(11)16-12-2-1-3-14-10(12)6-7-20-14/h4-8,12,16H,1-3H2. The van der Waals surface area contributed by atoms with Crippen LogP contribution in [0.2, 0.25) is 0 Å². The number of nitro groups is 1. The molecule has 0 spiro atoms. The summed E-state index contributed by atoms with van der Waals surface area (Å²) in [6, 6.07) is 6.94. The van der Waals surface area contributed by atoms with E-state index in [1.165, 1.54) is 17.7 Å². The van der Waals surface area contributed by atoms with Crippen LogP contribution in [0.1, 0.15) is 30.2 Å². The van der Waals surface area contributed by atoms with Crippen molar-refractivity contribution >= 4 is 27.3 Å². The van der Waals surface area contributed by atoms with Crippen molar-refractivity contribution in [3.8, 4) is 0 Å². The molecule has 1 aliphatic rings. The predicted octanol–water partition coefficient (Wildman–Crippen LogP) is 4.44. The summed E-state index contributed by atoms with van der Waals surface area (Å²) in [6.07, 6.45) is 4.79. The lowest BCUT2D eigenvalue weighted by molar-refractivity contribution is -0.384. The van der Waals surface area contributed by atoms with Gasteiger partial charge in [0.2, 0.25) is 0 Å². The summed E-state index contributed by atoms with van der Waals surface area (Å²) < 4.78 is 6.16. The average Bonchev–Trinajstić information content (AvgIpc) is 2.90. The van der Waals surface area contributed by atoms with Crippen LogP contribution in [-0.4, -0.2) is 4.92 Å². The zero-order valence-electron chi connectivity index (χ0n) is 10.6. The van der Waals surface area contributed by atoms with E-state index in [9.17, 15) is 10.1 Å². The van der Waals surface area contributed by atoms with Crippen LogP contribution in [0, 0.1) is 10.1 Å². The molecule has 6 heteroatoms. The number of non-ortho nitro benzene ring substituents is 1. The molecule has 0 saturated heterocycles. The predicted molar refractivity (Wildman–Crippen MR) is 78.8 cm³/mol. The fourth-order valence-corrected chi connectivity index (χ4v) is 3.04. The second-order valence-corrected chi connectivity index (χ2v) is 5.66. The molecule has 5 nitrogen and oxygen atoms in total. The van der Waals surface area contributed by atoms with Gasteiger partial charge < -0.3 is 9.73 Å². The van der Waals surface area contributed by atoms with Gasteiger partial charge in [-0.05, 0) is 40.9 Å². The normalized spacial score (nSPS) is 17.6. The molecule has 1 aromatic carbocycles. The topological polar surface area (TPSA) is 68.3 Å². The van der Waals surface area contributed by atoms with E-state index in [0.717, 1.165) is 30.7 Å². The molecule has 2 aromatic rings. The molecule has 1 aliphatic carbocycles. The third-order valence-electron chi connectivity index (χ3n) is 3.55. The molecule has 3 rings (SSSR count). The molecule has 1 N–H and O–H groups in total. The highest BCUT2D eigenvalue weighted by molar-refractivity contribution is 9.10. The minimum absolute atomic E-state index is 0.0788. The molecule has 0 saturated carbocycles. The number of benzene rings is 1. The van der Waals surface area contributed by atoms with E-state index < -0.39 is 4.92 Å². The number of hydrogen-bond acceptors (Lipinski definition) is 4. The van der Waals surface area contributed by atoms with Crippen molar-refractivity contribution in [1.82, 2.24) is 0 Å². The third kappa shape index (κ3) is 2.43. The molecule has 0 amide bonds. The lowest BCUT2D eigenvalue weighted by Crippen LogP contribution is -2.16. The molecule has 1 heterocycles. The van der Waals surface area contributed by atoms with Gasteiger partial charge in [0.05, 0.1) is 17.2 Å². The van der Waals surface area contributed by atoms with Gasteiger partial charge in [0, 0.05) is 34.3 Å². The molecule has 1 aromatic heterocycles. The zero-order chi connectivity index (χ0) is 14.1. The van der Waals surface area contributed by atoms with Gasteiger partial charge in [-0.2, -0.15) is 0 Å². The van der Waals surface area contributed by atoms with Gasteiger partial charge in [-0.1, -0.05) is 0 Å². The van der Waals surface area contributed by atoms with Crippen molar-refractivity contribution < 1.29 is 9.34 Å². The first-order valence-electron chi connectivity index (χ1n) is 6.42. The van der Waals surface area contributed by atoms with E-state index in [1.807, 2.05) is 6.07 Å². The van der Waals surface area contributed by atoms with Gasteiger partial charge in [0.25, 0.3) is 5.69 Å². The number of nitrogens with one attached hydrogen (secondary N) is 1. The fourth-order valence-electron chi connectivity index (χ4n) is 2.56. The van der Waals surface area contributed by atoms with E-state index in [0.29, 0.717) is 4.47 Å². The number of furan rings is 1. The third-order valence-corrected chi connectivity index (χ3v) is 4.20. The highest BCUT2D eigenvalue weighted by Crippen LogP contribution is 2.36. The van der Waals surface area contributed by atoms with Crippen molar-refractivity contribution in [2.24, 2.45) is 0 Å². The molecule has 1 unspecified atom stereocenters. The number of nitrogens with zero attached hydrogens (tertiary/aromatic N) is 1. The van der Waals surface area contributed by atoms with E-state index in [1.54, 1.807) is 12.3 Å². The van der Waals surface area contributed by atoms with Gasteiger partial charge >= 0.3 is 0 Å². The van der Waals surface area contributed by atoms with Crippen LogP contribution < -0.4 is 5.32 Å². The number of anilines is 1. The first-order valence-corrected chi connectivity index (χ1v) is 7.21. The molecule has 0 bridgehead atoms. The van der Waals surface area contributed by atoms with E-state index in [-0.39, 0.29) is 11.7 Å². The number of halogens is 1. The molecule has 0 radical (unpaired) electrons. The number of aryl methyl sites for hydroxylation is 1. The van der Waals surface area contributed by atoms with Crippen LogP contribution >= 0.6 is 15.9 Å². The second kappa shape index (κ2) is 5.28. The van der Waals surface area contributed by atoms with Gasteiger partial charge in [-0.3, -0.25) is 10.1 Å². The average molecular weight is 337 g/mol. The lowest BCUT2D eigenvalue weighted by atomic mass is 9.93. The van der Waals surface area contributed by atoms with Crippen LogP contribution in [0.4, 0.5) is 11.4 Å². The van der Waals surface area contributed by atoms with E-state index >= 15 is 0 Å². The summed E-state index contributed by atoms with van der Waals surface area (Å²) >= 11 is 3.38. The van der Waals surface area contributed by atoms with Crippen LogP contribution in [-0.2, 0) is 6.42 Å². The van der Waals surface area contributed by atoms with Crippen LogP contribution in [0.25, 0.3) is 0 Å². The van der Waals surface area contributed by atoms with Crippen LogP contribution in [0.5, 0.6) is 0 Å². The van der Waals surface area contributed by atoms with E-state index in [2.05, 4.69) is 21.2 Å². The molecule has 104 valence electrons. The van der Waals surface area contributed by atoms with Crippen LogP contribution in [0.3, 0.4) is 0 Å². The molecule has 20 heavy (non-hydrogen) atoms. The fraction of sp³-hybridized carbons (Fsp3) is 0.286. The van der Waals surface area contributed by atoms with Crippen LogP contribution in [0.15, 0.2) is 39.4 Å². The Hall–Kier alpha value is -1.82. The summed E-state index contributed by atoms with van der Waals surface area (Å²) in [5, 5.41) is 14.2. The number of nitro benzene ring substituents is 1. The maximum absolute atomic E-state index is 10.7. The molecular weight excluding hydrogens is 324 g/mol. The second-order valence-electron chi connectivity index (χ2n) is 4.81. The Morgan fingerprint density at radius 2 is 2.25 bits per heavy atom. The van der Waals surface area contributed by atoms with Gasteiger partial charge in [-0.15, -0.1) is 0 Å². The Bertz CT molecular complexity index is 654. The summed E-state index contributed by atoms with van der Waals surface area (Å²) in [5.74, 6) is 1.03. The lowest BCUT2D eigenvalue weighted by Gasteiger charge is -2.24. The Kier molecular flexibility index (Phi) is 3.48. The monoisotopic (exact) mass is 336 g/mol. The van der Waals surface area contributed by atoms with Crippen molar-refractivity contribution in [2.75, 3.05) is 5.32 Å². The SMILES string of the molecule is O=[N+]([O-])c1ccc(NC2CCCc3occc32)c(Br)c1. The first-order chi connectivity index (χ1) is 9.65. The van der Waals surface area contributed by atoms with Crippen molar-refractivity contribution in [3.63, 3.8) is 0 Å². The number of fused-ring (bicyclic) bond motifs is 1. The van der Waals surface area contributed by atoms with Crippen molar-refractivity contribution in [3.05, 3.63) is 56.4 Å². The van der Waals surface area contributed by atoms with E-state index in [4.69, 9.17) is 4.42 Å². The summed E-state index contributed by atoms with van der Waals surface area (Å²) in [7, 11) is 0. The maximum atomic E-state index is 10.7. The largest absolute Gasteiger partial charge is 0.469 e. The van der Waals surface area contributed by atoms with Gasteiger partial charge in [0.1, 0.15) is 5.76 Å². The minimum atomic E-state index is -0.399. The minimum Gasteiger partial charge on any atom is -0.469 e. The molecule has 0 fully saturated rings. The Balaban J connectivity index is 1.84. The smallest absolute Gasteiger partial charge is 0.270 e. The Morgan fingerprint density at radius 3 is 3.00 bits per heavy atom. The quantitative estimate of drug-likeness (QED) is 0.664. The van der Waals surface area contributed by atoms with Gasteiger partial charge in [0.15, 0.2) is 0 Å². The molecular formula is C14H13BrN2O3. The summed E-state index contributed by atoms with van der Waals surface area (Å²) in [6.45, 7) is 0. The zero-order valence-corrected chi connectivity index (χ0v) is 12.2. The summed E-state index contributed by atoms with van der Waals surface area (Å²) in [5.41, 5.74) is 2.12. The Morgan fingerprint density at radius 1 is 1.40 bits per heavy atom. The summed E-state index contributed by atoms with van der Waals surface area (Å²) in [4.78, 5) is 10.3. The highest BCUT2D eigenvalue weighted by atomic mass is 79.9. The molecule has 1 atom stereocenters. The first kappa shape index (κ1) is 13.2. The number of hydrogen-bond donors (Lipinski definition) is 1.